The molecular formula is C16H14N2O. The summed E-state index contributed by atoms with van der Waals surface area (Å²) in [6.07, 6.45) is 0. The fourth-order valence-electron chi connectivity index (χ4n) is 2.20. The van der Waals surface area contributed by atoms with E-state index in [2.05, 4.69) is 10.2 Å². The highest BCUT2D eigenvalue weighted by Crippen LogP contribution is 2.30. The molecule has 3 rings (SSSR count). The fourth-order valence-corrected chi connectivity index (χ4v) is 2.20. The zero-order chi connectivity index (χ0) is 13.2. The van der Waals surface area contributed by atoms with E-state index in [0.717, 1.165) is 33.5 Å². The molecule has 0 bridgehead atoms. The monoisotopic (exact) mass is 250 g/mol. The Morgan fingerprint density at radius 2 is 1.68 bits per heavy atom. The molecule has 0 saturated heterocycles. The van der Waals surface area contributed by atoms with Crippen LogP contribution in [0.2, 0.25) is 0 Å². The van der Waals surface area contributed by atoms with Gasteiger partial charge in [-0.05, 0) is 25.1 Å². The molecule has 1 heterocycles. The Hall–Kier alpha value is -2.42. The second kappa shape index (κ2) is 4.69. The molecule has 0 atom stereocenters. The minimum Gasteiger partial charge on any atom is -0.497 e. The highest BCUT2D eigenvalue weighted by atomic mass is 16.5. The Balaban J connectivity index is 2.33. The van der Waals surface area contributed by atoms with Crippen molar-refractivity contribution in [3.8, 4) is 17.0 Å². The third kappa shape index (κ3) is 2.03. The van der Waals surface area contributed by atoms with Gasteiger partial charge in [-0.25, -0.2) is 0 Å². The van der Waals surface area contributed by atoms with Gasteiger partial charge in [-0.3, -0.25) is 0 Å². The highest BCUT2D eigenvalue weighted by molar-refractivity contribution is 5.96. The van der Waals surface area contributed by atoms with E-state index in [1.54, 1.807) is 7.11 Å². The molecule has 94 valence electrons. The van der Waals surface area contributed by atoms with Crippen molar-refractivity contribution in [3.05, 3.63) is 54.2 Å². The summed E-state index contributed by atoms with van der Waals surface area (Å²) in [5, 5.41) is 10.8. The smallest absolute Gasteiger partial charge is 0.119 e. The molecule has 0 aliphatic heterocycles. The lowest BCUT2D eigenvalue weighted by molar-refractivity contribution is 0.415. The van der Waals surface area contributed by atoms with Crippen LogP contribution < -0.4 is 4.74 Å². The normalized spacial score (nSPS) is 10.6. The van der Waals surface area contributed by atoms with Gasteiger partial charge in [0.05, 0.1) is 12.8 Å². The van der Waals surface area contributed by atoms with Gasteiger partial charge in [0.15, 0.2) is 0 Å². The molecule has 3 heteroatoms. The number of hydrogen-bond donors (Lipinski definition) is 0. The molecule has 1 aromatic heterocycles. The molecule has 3 aromatic rings. The number of nitrogens with zero attached hydrogens (tertiary/aromatic N) is 2. The van der Waals surface area contributed by atoms with Crippen LogP contribution in [-0.2, 0) is 0 Å². The maximum Gasteiger partial charge on any atom is 0.119 e. The quantitative estimate of drug-likeness (QED) is 0.696. The molecule has 0 saturated carbocycles. The molecule has 0 radical (unpaired) electrons. The van der Waals surface area contributed by atoms with Crippen molar-refractivity contribution in [3.63, 3.8) is 0 Å². The van der Waals surface area contributed by atoms with Gasteiger partial charge >= 0.3 is 0 Å². The number of methoxy groups -OCH3 is 1. The van der Waals surface area contributed by atoms with Gasteiger partial charge in [-0.2, -0.15) is 5.10 Å². The number of rotatable bonds is 2. The van der Waals surface area contributed by atoms with Gasteiger partial charge in [-0.1, -0.05) is 30.3 Å². The minimum atomic E-state index is 0.831. The molecule has 0 fully saturated rings. The largest absolute Gasteiger partial charge is 0.497 e. The second-order valence-electron chi connectivity index (χ2n) is 4.41. The van der Waals surface area contributed by atoms with E-state index in [9.17, 15) is 0 Å². The summed E-state index contributed by atoms with van der Waals surface area (Å²) < 4.78 is 5.30. The third-order valence-corrected chi connectivity index (χ3v) is 3.22. The van der Waals surface area contributed by atoms with E-state index in [-0.39, 0.29) is 0 Å². The van der Waals surface area contributed by atoms with Crippen molar-refractivity contribution in [2.75, 3.05) is 7.11 Å². The average Bonchev–Trinajstić information content (AvgIpc) is 2.48. The van der Waals surface area contributed by atoms with Crippen LogP contribution in [0.1, 0.15) is 5.69 Å². The lowest BCUT2D eigenvalue weighted by Crippen LogP contribution is -1.94. The lowest BCUT2D eigenvalue weighted by Gasteiger charge is -2.08. The summed E-state index contributed by atoms with van der Waals surface area (Å²) in [6.45, 7) is 1.97. The zero-order valence-electron chi connectivity index (χ0n) is 10.9. The standard InChI is InChI=1S/C16H14N2O/c1-11-14-9-8-13(19-2)10-15(14)16(18-17-11)12-6-4-3-5-7-12/h3-10H,1-2H3. The van der Waals surface area contributed by atoms with Crippen molar-refractivity contribution in [2.24, 2.45) is 0 Å². The second-order valence-corrected chi connectivity index (χ2v) is 4.41. The van der Waals surface area contributed by atoms with Gasteiger partial charge in [-0.15, -0.1) is 5.10 Å². The SMILES string of the molecule is COc1ccc2c(C)nnc(-c3ccccc3)c2c1. The first-order chi connectivity index (χ1) is 9.29. The molecule has 0 unspecified atom stereocenters. The minimum absolute atomic E-state index is 0.831. The Bertz CT molecular complexity index is 723. The first-order valence-corrected chi connectivity index (χ1v) is 6.16. The van der Waals surface area contributed by atoms with E-state index < -0.39 is 0 Å². The van der Waals surface area contributed by atoms with Crippen molar-refractivity contribution in [2.45, 2.75) is 6.92 Å². The summed E-state index contributed by atoms with van der Waals surface area (Å²) in [4.78, 5) is 0. The van der Waals surface area contributed by atoms with Crippen LogP contribution in [0.15, 0.2) is 48.5 Å². The van der Waals surface area contributed by atoms with Gasteiger partial charge < -0.3 is 4.74 Å². The van der Waals surface area contributed by atoms with Crippen LogP contribution in [0.25, 0.3) is 22.0 Å². The first kappa shape index (κ1) is 11.7. The summed E-state index contributed by atoms with van der Waals surface area (Å²) in [5.41, 5.74) is 2.88. The van der Waals surface area contributed by atoms with Gasteiger partial charge in [0.25, 0.3) is 0 Å². The molecule has 3 nitrogen and oxygen atoms in total. The molecule has 0 N–H and O–H groups in total. The lowest BCUT2D eigenvalue weighted by atomic mass is 10.0. The van der Waals surface area contributed by atoms with E-state index in [1.165, 1.54) is 0 Å². The Kier molecular flexibility index (Phi) is 2.88. The summed E-state index contributed by atoms with van der Waals surface area (Å²) in [6, 6.07) is 16.1. The van der Waals surface area contributed by atoms with Crippen LogP contribution in [0.4, 0.5) is 0 Å². The molecule has 0 aliphatic rings. The van der Waals surface area contributed by atoms with Crippen LogP contribution in [0, 0.1) is 6.92 Å². The third-order valence-electron chi connectivity index (χ3n) is 3.22. The average molecular weight is 250 g/mol. The molecule has 2 aromatic carbocycles. The van der Waals surface area contributed by atoms with E-state index in [1.807, 2.05) is 55.5 Å². The molecule has 0 amide bonds. The fraction of sp³-hybridized carbons (Fsp3) is 0.125. The summed E-state index contributed by atoms with van der Waals surface area (Å²) >= 11 is 0. The number of fused-ring (bicyclic) bond motifs is 1. The molecule has 0 spiro atoms. The number of aryl methyl sites for hydroxylation is 1. The topological polar surface area (TPSA) is 35.0 Å². The van der Waals surface area contributed by atoms with Crippen LogP contribution in [-0.4, -0.2) is 17.3 Å². The van der Waals surface area contributed by atoms with Crippen molar-refractivity contribution >= 4 is 10.8 Å². The zero-order valence-corrected chi connectivity index (χ0v) is 10.9. The number of benzene rings is 2. The molecule has 19 heavy (non-hydrogen) atoms. The van der Waals surface area contributed by atoms with E-state index in [0.29, 0.717) is 0 Å². The number of aromatic nitrogens is 2. The van der Waals surface area contributed by atoms with Crippen LogP contribution in [0.5, 0.6) is 5.75 Å². The van der Waals surface area contributed by atoms with E-state index >= 15 is 0 Å². The highest BCUT2D eigenvalue weighted by Gasteiger charge is 2.09. The van der Waals surface area contributed by atoms with Crippen LogP contribution >= 0.6 is 0 Å². The predicted octanol–water partition coefficient (Wildman–Crippen LogP) is 3.61. The van der Waals surface area contributed by atoms with Gasteiger partial charge in [0, 0.05) is 16.3 Å². The Labute approximate surface area is 111 Å². The summed E-state index contributed by atoms with van der Waals surface area (Å²) in [7, 11) is 1.67. The van der Waals surface area contributed by atoms with E-state index in [4.69, 9.17) is 4.74 Å². The van der Waals surface area contributed by atoms with Crippen molar-refractivity contribution in [1.82, 2.24) is 10.2 Å². The summed E-state index contributed by atoms with van der Waals surface area (Å²) in [5.74, 6) is 0.831. The maximum atomic E-state index is 5.30. The molecular weight excluding hydrogens is 236 g/mol. The van der Waals surface area contributed by atoms with Crippen molar-refractivity contribution < 1.29 is 4.74 Å². The van der Waals surface area contributed by atoms with Crippen LogP contribution in [0.3, 0.4) is 0 Å². The Morgan fingerprint density at radius 3 is 2.42 bits per heavy atom. The number of hydrogen-bond acceptors (Lipinski definition) is 3. The van der Waals surface area contributed by atoms with Gasteiger partial charge in [0.2, 0.25) is 0 Å². The predicted molar refractivity (Wildman–Crippen MR) is 76.3 cm³/mol. The first-order valence-electron chi connectivity index (χ1n) is 6.16. The molecule has 0 aliphatic carbocycles. The van der Waals surface area contributed by atoms with Crippen molar-refractivity contribution in [1.29, 1.82) is 0 Å². The van der Waals surface area contributed by atoms with Gasteiger partial charge in [0.1, 0.15) is 11.4 Å². The Morgan fingerprint density at radius 1 is 0.895 bits per heavy atom. The maximum absolute atomic E-state index is 5.30. The number of ether oxygens (including phenoxy) is 1.